The van der Waals surface area contributed by atoms with Crippen LogP contribution in [0, 0.1) is 0 Å². The Labute approximate surface area is 100 Å². The van der Waals surface area contributed by atoms with Gasteiger partial charge in [-0.25, -0.2) is 0 Å². The third kappa shape index (κ3) is 5.19. The van der Waals surface area contributed by atoms with Gasteiger partial charge in [-0.3, -0.25) is 0 Å². The molecule has 0 saturated heterocycles. The highest BCUT2D eigenvalue weighted by molar-refractivity contribution is 9.10. The molecule has 0 bridgehead atoms. The summed E-state index contributed by atoms with van der Waals surface area (Å²) in [7, 11) is 0. The fourth-order valence-corrected chi connectivity index (χ4v) is 1.55. The Morgan fingerprint density at radius 2 is 2.27 bits per heavy atom. The Morgan fingerprint density at radius 3 is 2.93 bits per heavy atom. The minimum Gasteiger partial charge on any atom is -0.492 e. The van der Waals surface area contributed by atoms with E-state index in [1.807, 2.05) is 24.3 Å². The zero-order valence-electron chi connectivity index (χ0n) is 9.29. The first-order valence-electron chi connectivity index (χ1n) is 5.34. The van der Waals surface area contributed by atoms with Gasteiger partial charge >= 0.3 is 0 Å². The summed E-state index contributed by atoms with van der Waals surface area (Å²) in [5.41, 5.74) is 0. The number of rotatable bonds is 6. The first-order valence-corrected chi connectivity index (χ1v) is 6.13. The van der Waals surface area contributed by atoms with E-state index in [1.165, 1.54) is 0 Å². The average Bonchev–Trinajstić information content (AvgIpc) is 2.24. The Balaban J connectivity index is 2.20. The van der Waals surface area contributed by atoms with Crippen molar-refractivity contribution >= 4 is 15.9 Å². The summed E-state index contributed by atoms with van der Waals surface area (Å²) in [6.45, 7) is 5.95. The summed E-state index contributed by atoms with van der Waals surface area (Å²) in [4.78, 5) is 0. The first-order chi connectivity index (χ1) is 7.22. The highest BCUT2D eigenvalue weighted by atomic mass is 79.9. The SMILES string of the molecule is CC[C@H](C)NCCOc1cccc(Br)c1. The fraction of sp³-hybridized carbons (Fsp3) is 0.500. The average molecular weight is 272 g/mol. The van der Waals surface area contributed by atoms with Crippen LogP contribution >= 0.6 is 15.9 Å². The van der Waals surface area contributed by atoms with Crippen molar-refractivity contribution in [3.05, 3.63) is 28.7 Å². The van der Waals surface area contributed by atoms with E-state index < -0.39 is 0 Å². The standard InChI is InChI=1S/C12H18BrNO/c1-3-10(2)14-7-8-15-12-6-4-5-11(13)9-12/h4-6,9-10,14H,3,7-8H2,1-2H3/t10-/m0/s1. The minimum atomic E-state index is 0.566. The maximum atomic E-state index is 5.59. The van der Waals surface area contributed by atoms with Crippen molar-refractivity contribution in [1.82, 2.24) is 5.32 Å². The van der Waals surface area contributed by atoms with Crippen molar-refractivity contribution in [3.63, 3.8) is 0 Å². The number of benzene rings is 1. The molecule has 0 amide bonds. The summed E-state index contributed by atoms with van der Waals surface area (Å²) in [6, 6.07) is 8.47. The molecule has 0 aliphatic carbocycles. The van der Waals surface area contributed by atoms with Crippen molar-refractivity contribution in [2.24, 2.45) is 0 Å². The van der Waals surface area contributed by atoms with Crippen LogP contribution in [-0.4, -0.2) is 19.2 Å². The number of nitrogens with one attached hydrogen (secondary N) is 1. The van der Waals surface area contributed by atoms with Gasteiger partial charge in [0.1, 0.15) is 12.4 Å². The molecular weight excluding hydrogens is 254 g/mol. The molecule has 1 aromatic carbocycles. The van der Waals surface area contributed by atoms with Gasteiger partial charge in [0.2, 0.25) is 0 Å². The maximum absolute atomic E-state index is 5.59. The van der Waals surface area contributed by atoms with Gasteiger partial charge in [-0.1, -0.05) is 28.9 Å². The molecular formula is C12H18BrNO. The van der Waals surface area contributed by atoms with E-state index >= 15 is 0 Å². The molecule has 3 heteroatoms. The van der Waals surface area contributed by atoms with Crippen LogP contribution in [0.15, 0.2) is 28.7 Å². The van der Waals surface area contributed by atoms with E-state index in [1.54, 1.807) is 0 Å². The molecule has 0 radical (unpaired) electrons. The third-order valence-corrected chi connectivity index (χ3v) is 2.77. The van der Waals surface area contributed by atoms with Crippen LogP contribution in [0.3, 0.4) is 0 Å². The number of ether oxygens (including phenoxy) is 1. The highest BCUT2D eigenvalue weighted by Gasteiger charge is 1.97. The van der Waals surface area contributed by atoms with Gasteiger partial charge in [-0.15, -0.1) is 0 Å². The van der Waals surface area contributed by atoms with E-state index in [4.69, 9.17) is 4.74 Å². The fourth-order valence-electron chi connectivity index (χ4n) is 1.18. The van der Waals surface area contributed by atoms with Gasteiger partial charge in [0, 0.05) is 17.1 Å². The Bertz CT molecular complexity index is 291. The van der Waals surface area contributed by atoms with E-state index in [2.05, 4.69) is 35.1 Å². The van der Waals surface area contributed by atoms with Crippen molar-refractivity contribution in [3.8, 4) is 5.75 Å². The monoisotopic (exact) mass is 271 g/mol. The molecule has 15 heavy (non-hydrogen) atoms. The molecule has 0 saturated carbocycles. The molecule has 0 spiro atoms. The van der Waals surface area contributed by atoms with Crippen LogP contribution in [0.2, 0.25) is 0 Å². The van der Waals surface area contributed by atoms with Crippen LogP contribution in [-0.2, 0) is 0 Å². The molecule has 84 valence electrons. The van der Waals surface area contributed by atoms with Crippen LogP contribution in [0.5, 0.6) is 5.75 Å². The first kappa shape index (κ1) is 12.5. The molecule has 0 aliphatic heterocycles. The van der Waals surface area contributed by atoms with E-state index in [9.17, 15) is 0 Å². The smallest absolute Gasteiger partial charge is 0.120 e. The summed E-state index contributed by atoms with van der Waals surface area (Å²) >= 11 is 3.41. The second kappa shape index (κ2) is 6.85. The van der Waals surface area contributed by atoms with Crippen molar-refractivity contribution in [1.29, 1.82) is 0 Å². The molecule has 0 aromatic heterocycles. The van der Waals surface area contributed by atoms with Gasteiger partial charge in [0.05, 0.1) is 0 Å². The summed E-state index contributed by atoms with van der Waals surface area (Å²) in [6.07, 6.45) is 1.15. The highest BCUT2D eigenvalue weighted by Crippen LogP contribution is 2.17. The molecule has 0 fully saturated rings. The Hall–Kier alpha value is -0.540. The van der Waals surface area contributed by atoms with Gasteiger partial charge < -0.3 is 10.1 Å². The van der Waals surface area contributed by atoms with E-state index in [0.717, 1.165) is 23.2 Å². The van der Waals surface area contributed by atoms with E-state index in [-0.39, 0.29) is 0 Å². The Kier molecular flexibility index (Phi) is 5.73. The number of halogens is 1. The lowest BCUT2D eigenvalue weighted by Gasteiger charge is -2.11. The van der Waals surface area contributed by atoms with Gasteiger partial charge in [0.25, 0.3) is 0 Å². The number of hydrogen-bond acceptors (Lipinski definition) is 2. The number of hydrogen-bond donors (Lipinski definition) is 1. The van der Waals surface area contributed by atoms with Crippen LogP contribution < -0.4 is 10.1 Å². The van der Waals surface area contributed by atoms with Crippen LogP contribution in [0.1, 0.15) is 20.3 Å². The molecule has 1 atom stereocenters. The zero-order chi connectivity index (χ0) is 11.1. The predicted molar refractivity (Wildman–Crippen MR) is 67.4 cm³/mol. The second-order valence-electron chi connectivity index (χ2n) is 3.57. The minimum absolute atomic E-state index is 0.566. The molecule has 1 N–H and O–H groups in total. The Morgan fingerprint density at radius 1 is 1.47 bits per heavy atom. The summed E-state index contributed by atoms with van der Waals surface area (Å²) < 4.78 is 6.64. The molecule has 0 unspecified atom stereocenters. The van der Waals surface area contributed by atoms with Crippen molar-refractivity contribution in [2.75, 3.05) is 13.2 Å². The largest absolute Gasteiger partial charge is 0.492 e. The lowest BCUT2D eigenvalue weighted by atomic mass is 10.3. The summed E-state index contributed by atoms with van der Waals surface area (Å²) in [5.74, 6) is 0.912. The molecule has 0 aliphatic rings. The maximum Gasteiger partial charge on any atom is 0.120 e. The lowest BCUT2D eigenvalue weighted by Crippen LogP contribution is -2.29. The quantitative estimate of drug-likeness (QED) is 0.803. The molecule has 0 heterocycles. The molecule has 2 nitrogen and oxygen atoms in total. The predicted octanol–water partition coefficient (Wildman–Crippen LogP) is 3.22. The second-order valence-corrected chi connectivity index (χ2v) is 4.48. The normalized spacial score (nSPS) is 12.5. The van der Waals surface area contributed by atoms with Gasteiger partial charge in [0.15, 0.2) is 0 Å². The summed E-state index contributed by atoms with van der Waals surface area (Å²) in [5, 5.41) is 3.38. The van der Waals surface area contributed by atoms with Gasteiger partial charge in [-0.05, 0) is 31.5 Å². The third-order valence-electron chi connectivity index (χ3n) is 2.27. The van der Waals surface area contributed by atoms with Crippen molar-refractivity contribution in [2.45, 2.75) is 26.3 Å². The molecule has 1 rings (SSSR count). The van der Waals surface area contributed by atoms with E-state index in [0.29, 0.717) is 12.6 Å². The van der Waals surface area contributed by atoms with Crippen LogP contribution in [0.4, 0.5) is 0 Å². The van der Waals surface area contributed by atoms with Gasteiger partial charge in [-0.2, -0.15) is 0 Å². The lowest BCUT2D eigenvalue weighted by molar-refractivity contribution is 0.306. The van der Waals surface area contributed by atoms with Crippen molar-refractivity contribution < 1.29 is 4.74 Å². The topological polar surface area (TPSA) is 21.3 Å². The zero-order valence-corrected chi connectivity index (χ0v) is 10.9. The molecule has 1 aromatic rings. The van der Waals surface area contributed by atoms with Crippen LogP contribution in [0.25, 0.3) is 0 Å².